The van der Waals surface area contributed by atoms with Crippen molar-refractivity contribution in [1.82, 2.24) is 0 Å². The Hall–Kier alpha value is -3.58. The fourth-order valence-corrected chi connectivity index (χ4v) is 4.09. The largest absolute Gasteiger partial charge is 0.273 e. The zero-order valence-corrected chi connectivity index (χ0v) is 15.6. The molecule has 2 amide bonds. The summed E-state index contributed by atoms with van der Waals surface area (Å²) in [5.41, 5.74) is 1.44. The highest BCUT2D eigenvalue weighted by atomic mass is 19.1. The molecule has 2 aliphatic heterocycles. The van der Waals surface area contributed by atoms with Gasteiger partial charge in [-0.25, -0.2) is 18.7 Å². The van der Waals surface area contributed by atoms with E-state index in [1.807, 2.05) is 18.2 Å². The summed E-state index contributed by atoms with van der Waals surface area (Å²) in [5, 5.41) is 1.50. The lowest BCUT2D eigenvalue weighted by Crippen LogP contribution is -2.37. The van der Waals surface area contributed by atoms with Crippen LogP contribution in [0, 0.1) is 17.6 Å². The lowest BCUT2D eigenvalue weighted by Gasteiger charge is -2.28. The van der Waals surface area contributed by atoms with Gasteiger partial charge < -0.3 is 0 Å². The molecule has 0 spiro atoms. The zero-order valence-electron chi connectivity index (χ0n) is 15.6. The Balaban J connectivity index is 1.59. The number of para-hydroxylation sites is 1. The molecule has 7 heteroatoms. The third kappa shape index (κ3) is 2.86. The Morgan fingerprint density at radius 3 is 2.17 bits per heavy atom. The van der Waals surface area contributed by atoms with Gasteiger partial charge in [-0.15, -0.1) is 0 Å². The van der Waals surface area contributed by atoms with Crippen LogP contribution in [0.25, 0.3) is 0 Å². The molecule has 0 N–H and O–H groups in total. The second kappa shape index (κ2) is 7.03. The van der Waals surface area contributed by atoms with Crippen molar-refractivity contribution in [3.05, 3.63) is 96.1 Å². The van der Waals surface area contributed by atoms with Crippen molar-refractivity contribution in [3.8, 4) is 0 Å². The van der Waals surface area contributed by atoms with Crippen LogP contribution in [0.15, 0.2) is 78.9 Å². The van der Waals surface area contributed by atoms with E-state index in [0.29, 0.717) is 11.3 Å². The molecule has 30 heavy (non-hydrogen) atoms. The van der Waals surface area contributed by atoms with E-state index in [2.05, 4.69) is 0 Å². The Morgan fingerprint density at radius 2 is 1.47 bits per heavy atom. The number of nitrogens with zero attached hydrogens (tertiary/aromatic N) is 2. The van der Waals surface area contributed by atoms with Gasteiger partial charge in [0.2, 0.25) is 5.91 Å². The number of carbonyl (C=O) groups excluding carboxylic acids is 2. The van der Waals surface area contributed by atoms with E-state index in [9.17, 15) is 18.4 Å². The average molecular weight is 406 g/mol. The Morgan fingerprint density at radius 1 is 0.733 bits per heavy atom. The monoisotopic (exact) mass is 406 g/mol. The van der Waals surface area contributed by atoms with Crippen LogP contribution in [-0.2, 0) is 14.4 Å². The molecule has 5 rings (SSSR count). The van der Waals surface area contributed by atoms with Gasteiger partial charge in [0, 0.05) is 0 Å². The highest BCUT2D eigenvalue weighted by molar-refractivity contribution is 6.23. The number of hydrogen-bond acceptors (Lipinski definition) is 4. The fourth-order valence-electron chi connectivity index (χ4n) is 4.09. The fraction of sp³-hybridized carbons (Fsp3) is 0.130. The number of rotatable bonds is 3. The molecule has 2 heterocycles. The first-order valence-electron chi connectivity index (χ1n) is 9.44. The number of halogens is 2. The molecule has 0 radical (unpaired) electrons. The van der Waals surface area contributed by atoms with Gasteiger partial charge in [0.05, 0.1) is 17.4 Å². The number of benzene rings is 3. The summed E-state index contributed by atoms with van der Waals surface area (Å²) in [4.78, 5) is 33.4. The lowest BCUT2D eigenvalue weighted by molar-refractivity contribution is -0.126. The molecule has 2 saturated heterocycles. The first kappa shape index (κ1) is 18.4. The van der Waals surface area contributed by atoms with Gasteiger partial charge in [0.15, 0.2) is 6.10 Å². The van der Waals surface area contributed by atoms with E-state index in [1.165, 1.54) is 41.5 Å². The van der Waals surface area contributed by atoms with Gasteiger partial charge in [-0.2, -0.15) is 0 Å². The highest BCUT2D eigenvalue weighted by Crippen LogP contribution is 2.47. The summed E-state index contributed by atoms with van der Waals surface area (Å²) in [6.07, 6.45) is -1.06. The van der Waals surface area contributed by atoms with E-state index >= 15 is 0 Å². The van der Waals surface area contributed by atoms with Crippen LogP contribution in [0.4, 0.5) is 20.2 Å². The van der Waals surface area contributed by atoms with Gasteiger partial charge in [0.25, 0.3) is 5.91 Å². The second-order valence-electron chi connectivity index (χ2n) is 7.20. The number of fused-ring (bicyclic) bond motifs is 1. The SMILES string of the molecule is O=C1[C@H]2[C@@H](c3cccc(F)c3)N(c3ccccc3)O[C@H]2C(=O)N1c1ccc(F)cc1. The number of hydroxylamine groups is 1. The van der Waals surface area contributed by atoms with Crippen molar-refractivity contribution < 1.29 is 23.2 Å². The van der Waals surface area contributed by atoms with E-state index < -0.39 is 41.5 Å². The van der Waals surface area contributed by atoms with Crippen LogP contribution in [-0.4, -0.2) is 17.9 Å². The molecule has 0 bridgehead atoms. The van der Waals surface area contributed by atoms with Crippen LogP contribution in [0.5, 0.6) is 0 Å². The molecule has 2 aliphatic rings. The van der Waals surface area contributed by atoms with Crippen LogP contribution in [0.2, 0.25) is 0 Å². The molecule has 3 atom stereocenters. The third-order valence-electron chi connectivity index (χ3n) is 5.40. The molecular weight excluding hydrogens is 390 g/mol. The van der Waals surface area contributed by atoms with E-state index in [1.54, 1.807) is 24.3 Å². The maximum atomic E-state index is 14.0. The zero-order chi connectivity index (χ0) is 20.8. The van der Waals surface area contributed by atoms with Crippen molar-refractivity contribution >= 4 is 23.2 Å². The van der Waals surface area contributed by atoms with Crippen molar-refractivity contribution in [2.75, 3.05) is 9.96 Å². The second-order valence-corrected chi connectivity index (χ2v) is 7.20. The predicted octanol–water partition coefficient (Wildman–Crippen LogP) is 4.02. The van der Waals surface area contributed by atoms with Crippen molar-refractivity contribution in [1.29, 1.82) is 0 Å². The molecule has 3 aromatic rings. The van der Waals surface area contributed by atoms with Crippen molar-refractivity contribution in [2.24, 2.45) is 5.92 Å². The molecule has 5 nitrogen and oxygen atoms in total. The summed E-state index contributed by atoms with van der Waals surface area (Å²) in [7, 11) is 0. The average Bonchev–Trinajstić information content (AvgIpc) is 3.26. The van der Waals surface area contributed by atoms with E-state index in [0.717, 1.165) is 4.90 Å². The van der Waals surface area contributed by atoms with E-state index in [-0.39, 0.29) is 5.69 Å². The molecule has 0 aliphatic carbocycles. The van der Waals surface area contributed by atoms with Crippen molar-refractivity contribution in [2.45, 2.75) is 12.1 Å². The van der Waals surface area contributed by atoms with Gasteiger partial charge >= 0.3 is 0 Å². The molecular formula is C23H16F2N2O3. The molecule has 0 aromatic heterocycles. The van der Waals surface area contributed by atoms with Crippen LogP contribution in [0.3, 0.4) is 0 Å². The Labute approximate surface area is 171 Å². The standard InChI is InChI=1S/C23H16F2N2O3/c24-15-9-11-17(12-10-15)26-22(28)19-20(14-5-4-6-16(25)13-14)27(30-21(19)23(26)29)18-7-2-1-3-8-18/h1-13,19-21H/t19-,20+,21+/m0/s1. The van der Waals surface area contributed by atoms with Crippen LogP contribution in [0.1, 0.15) is 11.6 Å². The number of amides is 2. The molecule has 0 saturated carbocycles. The minimum absolute atomic E-state index is 0.272. The normalized spacial score (nSPS) is 23.2. The number of anilines is 2. The topological polar surface area (TPSA) is 49.9 Å². The predicted molar refractivity (Wildman–Crippen MR) is 105 cm³/mol. The lowest BCUT2D eigenvalue weighted by atomic mass is 9.90. The summed E-state index contributed by atoms with van der Waals surface area (Å²) in [6, 6.07) is 19.4. The van der Waals surface area contributed by atoms with Crippen molar-refractivity contribution in [3.63, 3.8) is 0 Å². The first-order chi connectivity index (χ1) is 14.5. The van der Waals surface area contributed by atoms with Gasteiger partial charge in [-0.05, 0) is 54.1 Å². The number of imide groups is 1. The third-order valence-corrected chi connectivity index (χ3v) is 5.40. The quantitative estimate of drug-likeness (QED) is 0.617. The highest BCUT2D eigenvalue weighted by Gasteiger charge is 2.60. The summed E-state index contributed by atoms with van der Waals surface area (Å²) in [6.45, 7) is 0. The van der Waals surface area contributed by atoms with E-state index in [4.69, 9.17) is 4.84 Å². The molecule has 2 fully saturated rings. The molecule has 3 aromatic carbocycles. The first-order valence-corrected chi connectivity index (χ1v) is 9.44. The molecule has 0 unspecified atom stereocenters. The summed E-state index contributed by atoms with van der Waals surface area (Å²) in [5.74, 6) is -2.79. The van der Waals surface area contributed by atoms with Gasteiger partial charge in [-0.3, -0.25) is 14.4 Å². The smallest absolute Gasteiger partial charge is 0.266 e. The minimum Gasteiger partial charge on any atom is -0.273 e. The summed E-state index contributed by atoms with van der Waals surface area (Å²) < 4.78 is 27.3. The van der Waals surface area contributed by atoms with Crippen LogP contribution < -0.4 is 9.96 Å². The Bertz CT molecular complexity index is 1120. The maximum Gasteiger partial charge on any atom is 0.266 e. The minimum atomic E-state index is -1.06. The number of hydrogen-bond donors (Lipinski definition) is 0. The number of carbonyl (C=O) groups is 2. The Kier molecular flexibility index (Phi) is 4.33. The van der Waals surface area contributed by atoms with Crippen LogP contribution >= 0.6 is 0 Å². The van der Waals surface area contributed by atoms with Gasteiger partial charge in [0.1, 0.15) is 17.6 Å². The summed E-state index contributed by atoms with van der Waals surface area (Å²) >= 11 is 0. The molecule has 150 valence electrons. The maximum absolute atomic E-state index is 14.0. The van der Waals surface area contributed by atoms with Gasteiger partial charge in [-0.1, -0.05) is 30.3 Å².